The molecule has 0 aliphatic heterocycles. The Morgan fingerprint density at radius 2 is 2.25 bits per heavy atom. The van der Waals surface area contributed by atoms with Gasteiger partial charge in [0.25, 0.3) is 0 Å². The molecule has 0 saturated carbocycles. The maximum atomic E-state index is 11.6. The van der Waals surface area contributed by atoms with Gasteiger partial charge in [0.2, 0.25) is 0 Å². The third kappa shape index (κ3) is 2.88. The number of anilines is 1. The zero-order valence-corrected chi connectivity index (χ0v) is 12.1. The maximum absolute atomic E-state index is 11.6. The Bertz CT molecular complexity index is 618. The number of carbonyl (C=O) groups is 2. The summed E-state index contributed by atoms with van der Waals surface area (Å²) in [5.41, 5.74) is 0.0409. The van der Waals surface area contributed by atoms with E-state index in [0.29, 0.717) is 5.13 Å². The molecule has 106 valence electrons. The summed E-state index contributed by atoms with van der Waals surface area (Å²) in [5.74, 6) is -0.101. The Kier molecular flexibility index (Phi) is 4.19. The van der Waals surface area contributed by atoms with Gasteiger partial charge in [0.1, 0.15) is 10.6 Å². The minimum absolute atomic E-state index is 0.0409. The molecule has 0 radical (unpaired) electrons. The number of hydrogen-bond donors (Lipinski definition) is 1. The van der Waals surface area contributed by atoms with Gasteiger partial charge in [-0.2, -0.15) is 0 Å². The van der Waals surface area contributed by atoms with Crippen LogP contribution in [0.25, 0.3) is 0 Å². The molecule has 0 bridgehead atoms. The highest BCUT2D eigenvalue weighted by Crippen LogP contribution is 2.27. The van der Waals surface area contributed by atoms with Crippen molar-refractivity contribution in [2.45, 2.75) is 19.9 Å². The van der Waals surface area contributed by atoms with Gasteiger partial charge in [-0.3, -0.25) is 4.79 Å². The molecule has 2 aromatic heterocycles. The number of methoxy groups -OCH3 is 1. The van der Waals surface area contributed by atoms with Crippen LogP contribution >= 0.6 is 11.3 Å². The predicted octanol–water partition coefficient (Wildman–Crippen LogP) is 2.90. The zero-order chi connectivity index (χ0) is 14.7. The minimum Gasteiger partial charge on any atom is -0.467 e. The van der Waals surface area contributed by atoms with Crippen LogP contribution < -0.4 is 5.32 Å². The van der Waals surface area contributed by atoms with Gasteiger partial charge in [0.15, 0.2) is 16.6 Å². The van der Waals surface area contributed by atoms with E-state index in [1.165, 1.54) is 14.0 Å². The summed E-state index contributed by atoms with van der Waals surface area (Å²) in [6.07, 6.45) is 1.58. The summed E-state index contributed by atoms with van der Waals surface area (Å²) in [6, 6.07) is 3.50. The van der Waals surface area contributed by atoms with Crippen LogP contribution in [0.1, 0.15) is 45.8 Å². The second-order valence-corrected chi connectivity index (χ2v) is 5.13. The smallest absolute Gasteiger partial charge is 0.358 e. The molecular formula is C13H14N2O4S. The third-order valence-corrected chi connectivity index (χ3v) is 3.72. The first-order valence-electron chi connectivity index (χ1n) is 5.93. The van der Waals surface area contributed by atoms with E-state index in [9.17, 15) is 9.59 Å². The second-order valence-electron chi connectivity index (χ2n) is 4.13. The number of nitrogens with zero attached hydrogens (tertiary/aromatic N) is 1. The van der Waals surface area contributed by atoms with Crippen LogP contribution in [0.15, 0.2) is 22.8 Å². The molecule has 20 heavy (non-hydrogen) atoms. The van der Waals surface area contributed by atoms with Gasteiger partial charge in [0.05, 0.1) is 19.4 Å². The molecular weight excluding hydrogens is 280 g/mol. The minimum atomic E-state index is -0.620. The number of ketones is 1. The van der Waals surface area contributed by atoms with Gasteiger partial charge in [0, 0.05) is 6.92 Å². The Labute approximate surface area is 119 Å². The first-order valence-corrected chi connectivity index (χ1v) is 6.74. The van der Waals surface area contributed by atoms with Gasteiger partial charge in [-0.15, -0.1) is 0 Å². The predicted molar refractivity (Wildman–Crippen MR) is 74.2 cm³/mol. The average Bonchev–Trinajstić information content (AvgIpc) is 3.06. The van der Waals surface area contributed by atoms with Crippen molar-refractivity contribution in [3.63, 3.8) is 0 Å². The quantitative estimate of drug-likeness (QED) is 0.674. The Hall–Kier alpha value is -2.15. The second kappa shape index (κ2) is 5.87. The number of nitrogens with one attached hydrogen (secondary N) is 1. The molecule has 2 rings (SSSR count). The fraction of sp³-hybridized carbons (Fsp3) is 0.308. The van der Waals surface area contributed by atoms with Crippen LogP contribution in [-0.4, -0.2) is 23.8 Å². The van der Waals surface area contributed by atoms with Crippen LogP contribution in [0.3, 0.4) is 0 Å². The van der Waals surface area contributed by atoms with E-state index < -0.39 is 5.97 Å². The molecule has 7 heteroatoms. The van der Waals surface area contributed by atoms with Crippen molar-refractivity contribution in [2.24, 2.45) is 0 Å². The van der Waals surface area contributed by atoms with Crippen molar-refractivity contribution in [1.82, 2.24) is 4.98 Å². The summed E-state index contributed by atoms with van der Waals surface area (Å²) < 4.78 is 9.90. The van der Waals surface area contributed by atoms with Gasteiger partial charge in [-0.1, -0.05) is 11.3 Å². The van der Waals surface area contributed by atoms with Gasteiger partial charge in [-0.25, -0.2) is 9.78 Å². The van der Waals surface area contributed by atoms with Crippen molar-refractivity contribution in [3.8, 4) is 0 Å². The van der Waals surface area contributed by atoms with Gasteiger partial charge < -0.3 is 14.5 Å². The Balaban J connectivity index is 2.25. The van der Waals surface area contributed by atoms with Crippen molar-refractivity contribution in [1.29, 1.82) is 0 Å². The topological polar surface area (TPSA) is 81.4 Å². The van der Waals surface area contributed by atoms with Crippen molar-refractivity contribution < 1.29 is 18.7 Å². The Morgan fingerprint density at radius 3 is 2.80 bits per heavy atom. The summed E-state index contributed by atoms with van der Waals surface area (Å²) >= 11 is 1.12. The van der Waals surface area contributed by atoms with Crippen molar-refractivity contribution in [3.05, 3.63) is 34.7 Å². The number of rotatable bonds is 5. The molecule has 2 aromatic rings. The van der Waals surface area contributed by atoms with E-state index >= 15 is 0 Å². The largest absolute Gasteiger partial charge is 0.467 e. The normalized spacial score (nSPS) is 11.9. The molecule has 0 aromatic carbocycles. The van der Waals surface area contributed by atoms with E-state index in [2.05, 4.69) is 15.0 Å². The molecule has 0 fully saturated rings. The number of furan rings is 1. The fourth-order valence-corrected chi connectivity index (χ4v) is 2.58. The van der Waals surface area contributed by atoms with E-state index in [0.717, 1.165) is 17.1 Å². The SMILES string of the molecule is COC(=O)c1nc(NC(C)c2ccco2)sc1C(C)=O. The molecule has 1 unspecified atom stereocenters. The number of carbonyl (C=O) groups excluding carboxylic acids is 2. The first-order chi connectivity index (χ1) is 9.52. The molecule has 1 atom stereocenters. The lowest BCUT2D eigenvalue weighted by Gasteiger charge is -2.09. The number of esters is 1. The Morgan fingerprint density at radius 1 is 1.50 bits per heavy atom. The zero-order valence-electron chi connectivity index (χ0n) is 11.3. The third-order valence-electron chi connectivity index (χ3n) is 2.64. The lowest BCUT2D eigenvalue weighted by molar-refractivity contribution is 0.0591. The van der Waals surface area contributed by atoms with E-state index in [1.807, 2.05) is 13.0 Å². The molecule has 0 saturated heterocycles. The van der Waals surface area contributed by atoms with Crippen LogP contribution in [0.4, 0.5) is 5.13 Å². The molecule has 0 spiro atoms. The average molecular weight is 294 g/mol. The van der Waals surface area contributed by atoms with Crippen LogP contribution in [0, 0.1) is 0 Å². The number of hydrogen-bond acceptors (Lipinski definition) is 7. The van der Waals surface area contributed by atoms with Gasteiger partial charge in [-0.05, 0) is 19.1 Å². The number of ether oxygens (including phenoxy) is 1. The molecule has 1 N–H and O–H groups in total. The molecule has 0 amide bonds. The number of Topliss-reactive ketones (excluding diaryl/α,β-unsaturated/α-hetero) is 1. The number of thiazole rings is 1. The summed E-state index contributed by atoms with van der Waals surface area (Å²) in [6.45, 7) is 3.28. The van der Waals surface area contributed by atoms with E-state index in [-0.39, 0.29) is 22.4 Å². The highest BCUT2D eigenvalue weighted by Gasteiger charge is 2.22. The number of aromatic nitrogens is 1. The van der Waals surface area contributed by atoms with E-state index in [4.69, 9.17) is 4.42 Å². The van der Waals surface area contributed by atoms with Crippen molar-refractivity contribution >= 4 is 28.2 Å². The standard InChI is InChI=1S/C13H14N2O4S/c1-7(9-5-4-6-19-9)14-13-15-10(12(17)18-3)11(20-13)8(2)16/h4-7H,1-3H3,(H,14,15). The first kappa shape index (κ1) is 14.3. The lowest BCUT2D eigenvalue weighted by Crippen LogP contribution is -2.08. The molecule has 0 aliphatic rings. The van der Waals surface area contributed by atoms with E-state index in [1.54, 1.807) is 12.3 Å². The van der Waals surface area contributed by atoms with Gasteiger partial charge >= 0.3 is 5.97 Å². The molecule has 2 heterocycles. The van der Waals surface area contributed by atoms with Crippen LogP contribution in [-0.2, 0) is 4.74 Å². The fourth-order valence-electron chi connectivity index (χ4n) is 1.65. The summed E-state index contributed by atoms with van der Waals surface area (Å²) in [5, 5.41) is 3.56. The van der Waals surface area contributed by atoms with Crippen LogP contribution in [0.2, 0.25) is 0 Å². The summed E-state index contributed by atoms with van der Waals surface area (Å²) in [7, 11) is 1.25. The summed E-state index contributed by atoms with van der Waals surface area (Å²) in [4.78, 5) is 27.5. The molecule has 0 aliphatic carbocycles. The molecule has 6 nitrogen and oxygen atoms in total. The lowest BCUT2D eigenvalue weighted by atomic mass is 10.2. The van der Waals surface area contributed by atoms with Crippen LogP contribution in [0.5, 0.6) is 0 Å². The highest BCUT2D eigenvalue weighted by atomic mass is 32.1. The monoisotopic (exact) mass is 294 g/mol. The van der Waals surface area contributed by atoms with Crippen molar-refractivity contribution in [2.75, 3.05) is 12.4 Å². The highest BCUT2D eigenvalue weighted by molar-refractivity contribution is 7.17. The maximum Gasteiger partial charge on any atom is 0.358 e.